The molecule has 0 atom stereocenters. The number of oxazole rings is 1. The van der Waals surface area contributed by atoms with Gasteiger partial charge in [0.15, 0.2) is 0 Å². The summed E-state index contributed by atoms with van der Waals surface area (Å²) in [5.41, 5.74) is 3.05. The molecule has 3 aromatic rings. The van der Waals surface area contributed by atoms with Crippen LogP contribution in [0.1, 0.15) is 11.3 Å². The zero-order valence-corrected chi connectivity index (χ0v) is 11.9. The second-order valence-corrected chi connectivity index (χ2v) is 5.06. The van der Waals surface area contributed by atoms with E-state index in [2.05, 4.69) is 9.98 Å². The van der Waals surface area contributed by atoms with Gasteiger partial charge in [0.1, 0.15) is 11.5 Å². The summed E-state index contributed by atoms with van der Waals surface area (Å²) < 4.78 is 19.0. The number of aliphatic imine (C=N–C) groups is 1. The Morgan fingerprint density at radius 3 is 2.57 bits per heavy atom. The zero-order valence-electron chi connectivity index (χ0n) is 11.9. The summed E-state index contributed by atoms with van der Waals surface area (Å²) >= 11 is 0. The van der Waals surface area contributed by atoms with Gasteiger partial charge in [0, 0.05) is 17.4 Å². The SMILES string of the molecule is Oc1oc(-c2ccccc2F)nc1C=C1C=Nc2ccccc21. The van der Waals surface area contributed by atoms with Crippen molar-refractivity contribution in [3.63, 3.8) is 0 Å². The summed E-state index contributed by atoms with van der Waals surface area (Å²) in [6.45, 7) is 0. The predicted molar refractivity (Wildman–Crippen MR) is 86.0 cm³/mol. The Hall–Kier alpha value is -3.21. The molecule has 112 valence electrons. The first kappa shape index (κ1) is 13.5. The number of hydrogen-bond acceptors (Lipinski definition) is 4. The van der Waals surface area contributed by atoms with Gasteiger partial charge < -0.3 is 9.52 Å². The van der Waals surface area contributed by atoms with Crippen LogP contribution in [0.4, 0.5) is 10.1 Å². The van der Waals surface area contributed by atoms with Crippen LogP contribution in [0.3, 0.4) is 0 Å². The highest BCUT2D eigenvalue weighted by molar-refractivity contribution is 6.21. The second kappa shape index (κ2) is 5.21. The van der Waals surface area contributed by atoms with E-state index in [1.54, 1.807) is 30.5 Å². The zero-order chi connectivity index (χ0) is 15.8. The van der Waals surface area contributed by atoms with Crippen molar-refractivity contribution in [1.29, 1.82) is 0 Å². The van der Waals surface area contributed by atoms with Crippen LogP contribution in [0.25, 0.3) is 23.1 Å². The molecule has 1 aromatic heterocycles. The molecule has 0 spiro atoms. The molecule has 1 N–H and O–H groups in total. The van der Waals surface area contributed by atoms with Crippen molar-refractivity contribution < 1.29 is 13.9 Å². The van der Waals surface area contributed by atoms with Crippen molar-refractivity contribution in [3.05, 3.63) is 65.6 Å². The Labute approximate surface area is 131 Å². The maximum absolute atomic E-state index is 13.8. The third-order valence-electron chi connectivity index (χ3n) is 3.59. The van der Waals surface area contributed by atoms with E-state index in [1.165, 1.54) is 6.07 Å². The van der Waals surface area contributed by atoms with Crippen molar-refractivity contribution in [2.24, 2.45) is 4.99 Å². The molecule has 0 saturated heterocycles. The molecule has 1 aliphatic rings. The van der Waals surface area contributed by atoms with Crippen molar-refractivity contribution >= 4 is 23.6 Å². The van der Waals surface area contributed by atoms with E-state index < -0.39 is 5.82 Å². The summed E-state index contributed by atoms with van der Waals surface area (Å²) in [5.74, 6) is -0.773. The van der Waals surface area contributed by atoms with Crippen molar-refractivity contribution in [3.8, 4) is 17.4 Å². The highest BCUT2D eigenvalue weighted by Crippen LogP contribution is 2.35. The average Bonchev–Trinajstić information content (AvgIpc) is 3.13. The molecular formula is C18H11FN2O2. The molecule has 2 aromatic carbocycles. The first-order valence-electron chi connectivity index (χ1n) is 7.02. The van der Waals surface area contributed by atoms with Crippen LogP contribution < -0.4 is 0 Å². The lowest BCUT2D eigenvalue weighted by molar-refractivity contribution is 0.336. The van der Waals surface area contributed by atoms with Crippen molar-refractivity contribution in [1.82, 2.24) is 4.98 Å². The summed E-state index contributed by atoms with van der Waals surface area (Å²) in [6.07, 6.45) is 3.36. The van der Waals surface area contributed by atoms with Crippen LogP contribution in [-0.4, -0.2) is 16.3 Å². The highest BCUT2D eigenvalue weighted by Gasteiger charge is 2.17. The number of hydrogen-bond donors (Lipinski definition) is 1. The number of rotatable bonds is 2. The largest absolute Gasteiger partial charge is 0.479 e. The van der Waals surface area contributed by atoms with Gasteiger partial charge in [-0.15, -0.1) is 0 Å². The van der Waals surface area contributed by atoms with Crippen LogP contribution >= 0.6 is 0 Å². The number of para-hydroxylation sites is 1. The second-order valence-electron chi connectivity index (χ2n) is 5.06. The maximum atomic E-state index is 13.8. The summed E-state index contributed by atoms with van der Waals surface area (Å²) in [4.78, 5) is 8.47. The number of benzene rings is 2. The van der Waals surface area contributed by atoms with Gasteiger partial charge in [0.2, 0.25) is 5.89 Å². The molecule has 4 rings (SSSR count). The minimum Gasteiger partial charge on any atom is -0.479 e. The number of allylic oxidation sites excluding steroid dienone is 1. The van der Waals surface area contributed by atoms with E-state index in [0.29, 0.717) is 0 Å². The first-order valence-corrected chi connectivity index (χ1v) is 7.02. The van der Waals surface area contributed by atoms with E-state index in [9.17, 15) is 9.50 Å². The Morgan fingerprint density at radius 1 is 1.00 bits per heavy atom. The lowest BCUT2D eigenvalue weighted by Gasteiger charge is -1.97. The molecule has 4 nitrogen and oxygen atoms in total. The fourth-order valence-electron chi connectivity index (χ4n) is 2.47. The fraction of sp³-hybridized carbons (Fsp3) is 0. The lowest BCUT2D eigenvalue weighted by Crippen LogP contribution is -1.84. The van der Waals surface area contributed by atoms with Gasteiger partial charge in [-0.05, 0) is 24.3 Å². The fourth-order valence-corrected chi connectivity index (χ4v) is 2.47. The Balaban J connectivity index is 1.77. The summed E-state index contributed by atoms with van der Waals surface area (Å²) in [5, 5.41) is 9.95. The number of halogens is 1. The molecule has 0 bridgehead atoms. The molecule has 0 fully saturated rings. The summed E-state index contributed by atoms with van der Waals surface area (Å²) in [6, 6.07) is 13.8. The van der Waals surface area contributed by atoms with Gasteiger partial charge in [0.05, 0.1) is 11.3 Å². The highest BCUT2D eigenvalue weighted by atomic mass is 19.1. The van der Waals surface area contributed by atoms with Crippen LogP contribution in [0.2, 0.25) is 0 Å². The third kappa shape index (κ3) is 2.32. The normalized spacial score (nSPS) is 14.4. The summed E-state index contributed by atoms with van der Waals surface area (Å²) in [7, 11) is 0. The van der Waals surface area contributed by atoms with Crippen LogP contribution in [0, 0.1) is 5.82 Å². The first-order chi connectivity index (χ1) is 11.2. The molecule has 1 aliphatic heterocycles. The number of fused-ring (bicyclic) bond motifs is 1. The van der Waals surface area contributed by atoms with Gasteiger partial charge in [0.25, 0.3) is 0 Å². The lowest BCUT2D eigenvalue weighted by atomic mass is 10.1. The molecule has 2 heterocycles. The molecule has 0 aliphatic carbocycles. The monoisotopic (exact) mass is 306 g/mol. The molecule has 23 heavy (non-hydrogen) atoms. The standard InChI is InChI=1S/C18H11FN2O2/c19-14-7-3-1-6-13(14)17-21-16(18(22)23-17)9-11-10-20-15-8-4-2-5-12(11)15/h1-10,22H. The topological polar surface area (TPSA) is 58.6 Å². The molecule has 0 unspecified atom stereocenters. The van der Waals surface area contributed by atoms with Gasteiger partial charge in [-0.3, -0.25) is 4.99 Å². The minimum atomic E-state index is -0.458. The van der Waals surface area contributed by atoms with E-state index in [-0.39, 0.29) is 23.1 Å². The van der Waals surface area contributed by atoms with Crippen LogP contribution in [0.5, 0.6) is 5.95 Å². The van der Waals surface area contributed by atoms with E-state index in [4.69, 9.17) is 4.42 Å². The van der Waals surface area contributed by atoms with Gasteiger partial charge in [-0.1, -0.05) is 30.3 Å². The maximum Gasteiger partial charge on any atom is 0.310 e. The van der Waals surface area contributed by atoms with Crippen LogP contribution in [-0.2, 0) is 0 Å². The number of aromatic nitrogens is 1. The molecular weight excluding hydrogens is 295 g/mol. The van der Waals surface area contributed by atoms with Gasteiger partial charge in [-0.2, -0.15) is 0 Å². The Bertz CT molecular complexity index is 957. The van der Waals surface area contributed by atoms with Gasteiger partial charge >= 0.3 is 5.95 Å². The van der Waals surface area contributed by atoms with E-state index >= 15 is 0 Å². The molecule has 0 saturated carbocycles. The van der Waals surface area contributed by atoms with Crippen molar-refractivity contribution in [2.75, 3.05) is 0 Å². The van der Waals surface area contributed by atoms with Crippen LogP contribution in [0.15, 0.2) is 57.9 Å². The smallest absolute Gasteiger partial charge is 0.310 e. The average molecular weight is 306 g/mol. The Morgan fingerprint density at radius 2 is 1.74 bits per heavy atom. The Kier molecular flexibility index (Phi) is 3.05. The van der Waals surface area contributed by atoms with E-state index in [1.807, 2.05) is 24.3 Å². The minimum absolute atomic E-state index is 0.0377. The number of nitrogens with zero attached hydrogens (tertiary/aromatic N) is 2. The molecule has 0 radical (unpaired) electrons. The van der Waals surface area contributed by atoms with E-state index in [0.717, 1.165) is 16.8 Å². The van der Waals surface area contributed by atoms with Gasteiger partial charge in [-0.25, -0.2) is 9.37 Å². The predicted octanol–water partition coefficient (Wildman–Crippen LogP) is 4.44. The third-order valence-corrected chi connectivity index (χ3v) is 3.59. The molecule has 0 amide bonds. The van der Waals surface area contributed by atoms with Crippen molar-refractivity contribution in [2.45, 2.75) is 0 Å². The molecule has 5 heteroatoms. The quantitative estimate of drug-likeness (QED) is 0.761. The number of aromatic hydroxyl groups is 1.